The van der Waals surface area contributed by atoms with Gasteiger partial charge in [-0.05, 0) is 30.9 Å². The summed E-state index contributed by atoms with van der Waals surface area (Å²) in [6.07, 6.45) is 2.71. The van der Waals surface area contributed by atoms with E-state index in [1.54, 1.807) is 6.07 Å². The predicted molar refractivity (Wildman–Crippen MR) is 70.4 cm³/mol. The summed E-state index contributed by atoms with van der Waals surface area (Å²) in [6.45, 7) is 2.88. The van der Waals surface area contributed by atoms with Gasteiger partial charge in [0, 0.05) is 19.4 Å². The maximum absolute atomic E-state index is 12.2. The number of ether oxygens (including phenoxy) is 1. The van der Waals surface area contributed by atoms with Crippen LogP contribution >= 0.6 is 11.6 Å². The molecule has 1 aliphatic heterocycles. The molecule has 1 aliphatic rings. The number of sulfone groups is 1. The average Bonchev–Trinajstić information content (AvgIpc) is 2.35. The largest absolute Gasteiger partial charge is 0.381 e. The second kappa shape index (κ2) is 5.55. The fraction of sp³-hybridized carbons (Fsp3) is 0.583. The van der Waals surface area contributed by atoms with Crippen molar-refractivity contribution < 1.29 is 13.2 Å². The molecule has 0 aliphatic carbocycles. The van der Waals surface area contributed by atoms with Gasteiger partial charge in [0.15, 0.2) is 9.84 Å². The lowest BCUT2D eigenvalue weighted by atomic mass is 10.2. The Hall–Kier alpha value is -0.650. The molecule has 2 rings (SSSR count). The van der Waals surface area contributed by atoms with E-state index in [1.165, 1.54) is 6.20 Å². The molecule has 6 heteroatoms. The fourth-order valence-electron chi connectivity index (χ4n) is 2.08. The molecular weight excluding hydrogens is 274 g/mol. The van der Waals surface area contributed by atoms with E-state index < -0.39 is 9.84 Å². The fourth-order valence-corrected chi connectivity index (χ4v) is 3.95. The molecule has 0 unspecified atom stereocenters. The molecule has 0 saturated carbocycles. The summed E-state index contributed by atoms with van der Waals surface area (Å²) in [5.74, 6) is 0.0304. The maximum Gasteiger partial charge on any atom is 0.157 e. The van der Waals surface area contributed by atoms with Crippen LogP contribution in [0.25, 0.3) is 0 Å². The third kappa shape index (κ3) is 3.22. The minimum atomic E-state index is -3.13. The minimum Gasteiger partial charge on any atom is -0.381 e. The van der Waals surface area contributed by atoms with E-state index in [1.807, 2.05) is 6.92 Å². The first-order chi connectivity index (χ1) is 8.49. The van der Waals surface area contributed by atoms with E-state index in [0.29, 0.717) is 36.8 Å². The van der Waals surface area contributed by atoms with Crippen LogP contribution in [-0.4, -0.2) is 31.9 Å². The van der Waals surface area contributed by atoms with E-state index in [-0.39, 0.29) is 11.0 Å². The van der Waals surface area contributed by atoms with Gasteiger partial charge >= 0.3 is 0 Å². The maximum atomic E-state index is 12.2. The van der Waals surface area contributed by atoms with Gasteiger partial charge in [-0.3, -0.25) is 0 Å². The van der Waals surface area contributed by atoms with Crippen molar-refractivity contribution in [3.05, 3.63) is 28.5 Å². The quantitative estimate of drug-likeness (QED) is 0.800. The van der Waals surface area contributed by atoms with E-state index in [2.05, 4.69) is 4.98 Å². The Morgan fingerprint density at radius 2 is 2.11 bits per heavy atom. The molecule has 0 radical (unpaired) electrons. The number of aromatic nitrogens is 1. The molecule has 4 nitrogen and oxygen atoms in total. The highest BCUT2D eigenvalue weighted by molar-refractivity contribution is 7.91. The molecule has 1 saturated heterocycles. The SMILES string of the molecule is Cc1cc(CS(=O)(=O)C2CCOCC2)cnc1Cl. The van der Waals surface area contributed by atoms with Crippen LogP contribution in [0.3, 0.4) is 0 Å². The smallest absolute Gasteiger partial charge is 0.157 e. The first-order valence-corrected chi connectivity index (χ1v) is 7.99. The average molecular weight is 290 g/mol. The van der Waals surface area contributed by atoms with Crippen LogP contribution in [0.15, 0.2) is 12.3 Å². The number of hydrogen-bond acceptors (Lipinski definition) is 4. The van der Waals surface area contributed by atoms with Crippen molar-refractivity contribution in [1.82, 2.24) is 4.98 Å². The summed E-state index contributed by atoms with van der Waals surface area (Å²) in [5.41, 5.74) is 1.50. The number of nitrogens with zero attached hydrogens (tertiary/aromatic N) is 1. The first-order valence-electron chi connectivity index (χ1n) is 5.89. The summed E-state index contributed by atoms with van der Waals surface area (Å²) in [5, 5.41) is 0.129. The van der Waals surface area contributed by atoms with Crippen LogP contribution in [0.2, 0.25) is 5.15 Å². The molecule has 0 bridgehead atoms. The molecular formula is C12H16ClNO3S. The van der Waals surface area contributed by atoms with Crippen LogP contribution in [0.4, 0.5) is 0 Å². The van der Waals surface area contributed by atoms with Gasteiger partial charge in [-0.25, -0.2) is 13.4 Å². The van der Waals surface area contributed by atoms with Gasteiger partial charge in [0.05, 0.1) is 11.0 Å². The highest BCUT2D eigenvalue weighted by Gasteiger charge is 2.27. The zero-order valence-electron chi connectivity index (χ0n) is 10.2. The van der Waals surface area contributed by atoms with Gasteiger partial charge in [-0.1, -0.05) is 17.7 Å². The normalized spacial score (nSPS) is 17.9. The highest BCUT2D eigenvalue weighted by Crippen LogP contribution is 2.21. The van der Waals surface area contributed by atoms with Gasteiger partial charge in [0.2, 0.25) is 0 Å². The lowest BCUT2D eigenvalue weighted by molar-refractivity contribution is 0.0983. The third-order valence-electron chi connectivity index (χ3n) is 3.12. The summed E-state index contributed by atoms with van der Waals surface area (Å²) in [6, 6.07) is 1.78. The predicted octanol–water partition coefficient (Wildman–Crippen LogP) is 2.14. The van der Waals surface area contributed by atoms with E-state index in [9.17, 15) is 8.42 Å². The van der Waals surface area contributed by atoms with E-state index in [0.717, 1.165) is 5.56 Å². The van der Waals surface area contributed by atoms with Crippen molar-refractivity contribution in [2.24, 2.45) is 0 Å². The molecule has 0 aromatic carbocycles. The lowest BCUT2D eigenvalue weighted by Crippen LogP contribution is -2.29. The Morgan fingerprint density at radius 3 is 2.72 bits per heavy atom. The molecule has 1 aromatic rings. The van der Waals surface area contributed by atoms with Gasteiger partial charge in [-0.15, -0.1) is 0 Å². The number of pyridine rings is 1. The number of rotatable bonds is 3. The van der Waals surface area contributed by atoms with Crippen LogP contribution in [-0.2, 0) is 20.3 Å². The molecule has 0 atom stereocenters. The van der Waals surface area contributed by atoms with Gasteiger partial charge in [0.25, 0.3) is 0 Å². The molecule has 2 heterocycles. The molecule has 18 heavy (non-hydrogen) atoms. The highest BCUT2D eigenvalue weighted by atomic mass is 35.5. The monoisotopic (exact) mass is 289 g/mol. The summed E-state index contributed by atoms with van der Waals surface area (Å²) in [4.78, 5) is 3.98. The standard InChI is InChI=1S/C12H16ClNO3S/c1-9-6-10(7-14-12(9)13)8-18(15,16)11-2-4-17-5-3-11/h6-7,11H,2-5,8H2,1H3. The van der Waals surface area contributed by atoms with Crippen molar-refractivity contribution >= 4 is 21.4 Å². The zero-order valence-corrected chi connectivity index (χ0v) is 11.8. The Morgan fingerprint density at radius 1 is 1.44 bits per heavy atom. The molecule has 1 fully saturated rings. The van der Waals surface area contributed by atoms with Gasteiger partial charge < -0.3 is 4.74 Å². The van der Waals surface area contributed by atoms with Crippen LogP contribution in [0, 0.1) is 6.92 Å². The molecule has 100 valence electrons. The third-order valence-corrected chi connectivity index (χ3v) is 5.73. The summed E-state index contributed by atoms with van der Waals surface area (Å²) >= 11 is 5.82. The van der Waals surface area contributed by atoms with E-state index in [4.69, 9.17) is 16.3 Å². The molecule has 0 amide bonds. The van der Waals surface area contributed by atoms with Gasteiger partial charge in [-0.2, -0.15) is 0 Å². The van der Waals surface area contributed by atoms with Crippen molar-refractivity contribution in [1.29, 1.82) is 0 Å². The van der Waals surface area contributed by atoms with Crippen molar-refractivity contribution in [2.75, 3.05) is 13.2 Å². The Bertz CT molecular complexity index is 524. The zero-order chi connectivity index (χ0) is 13.2. The van der Waals surface area contributed by atoms with Crippen molar-refractivity contribution in [3.63, 3.8) is 0 Å². The van der Waals surface area contributed by atoms with Crippen molar-refractivity contribution in [2.45, 2.75) is 30.8 Å². The van der Waals surface area contributed by atoms with Gasteiger partial charge in [0.1, 0.15) is 5.15 Å². The van der Waals surface area contributed by atoms with E-state index >= 15 is 0 Å². The molecule has 1 aromatic heterocycles. The van der Waals surface area contributed by atoms with Crippen LogP contribution in [0.5, 0.6) is 0 Å². The number of hydrogen-bond donors (Lipinski definition) is 0. The van der Waals surface area contributed by atoms with Crippen molar-refractivity contribution in [3.8, 4) is 0 Å². The Labute approximate surface area is 112 Å². The molecule has 0 spiro atoms. The number of halogens is 1. The summed E-state index contributed by atoms with van der Waals surface area (Å²) < 4.78 is 29.7. The topological polar surface area (TPSA) is 56.3 Å². The second-order valence-electron chi connectivity index (χ2n) is 4.57. The Balaban J connectivity index is 2.13. The van der Waals surface area contributed by atoms with Crippen LogP contribution in [0.1, 0.15) is 24.0 Å². The first kappa shape index (κ1) is 13.8. The second-order valence-corrected chi connectivity index (χ2v) is 7.21. The number of aryl methyl sites for hydroxylation is 1. The lowest BCUT2D eigenvalue weighted by Gasteiger charge is -2.22. The summed E-state index contributed by atoms with van der Waals surface area (Å²) in [7, 11) is -3.13. The Kier molecular flexibility index (Phi) is 4.25. The van der Waals surface area contributed by atoms with Crippen LogP contribution < -0.4 is 0 Å². The minimum absolute atomic E-state index is 0.0304. The molecule has 0 N–H and O–H groups in total.